The molecule has 0 aliphatic rings. The first-order valence-electron chi connectivity index (χ1n) is 6.62. The van der Waals surface area contributed by atoms with E-state index in [1.165, 1.54) is 11.1 Å². The Morgan fingerprint density at radius 1 is 1.05 bits per heavy atom. The van der Waals surface area contributed by atoms with E-state index in [0.717, 1.165) is 17.2 Å². The van der Waals surface area contributed by atoms with Crippen molar-refractivity contribution >= 4 is 17.5 Å². The van der Waals surface area contributed by atoms with Crippen LogP contribution in [0, 0.1) is 20.8 Å². The van der Waals surface area contributed by atoms with Gasteiger partial charge in [0.15, 0.2) is 0 Å². The van der Waals surface area contributed by atoms with E-state index in [0.29, 0.717) is 12.5 Å². The van der Waals surface area contributed by atoms with Crippen LogP contribution in [-0.2, 0) is 0 Å². The summed E-state index contributed by atoms with van der Waals surface area (Å²) < 4.78 is 0. The maximum atomic E-state index is 4.44. The third-order valence-electron chi connectivity index (χ3n) is 2.75. The molecule has 1 aromatic heterocycles. The van der Waals surface area contributed by atoms with Crippen molar-refractivity contribution in [3.63, 3.8) is 0 Å². The zero-order valence-electron chi connectivity index (χ0n) is 12.2. The van der Waals surface area contributed by atoms with E-state index >= 15 is 0 Å². The summed E-state index contributed by atoms with van der Waals surface area (Å²) in [6.07, 6.45) is 1.78. The van der Waals surface area contributed by atoms with Crippen LogP contribution in [0.25, 0.3) is 0 Å². The average Bonchev–Trinajstić information content (AvgIpc) is 2.34. The van der Waals surface area contributed by atoms with E-state index in [1.807, 2.05) is 13.0 Å². The van der Waals surface area contributed by atoms with Gasteiger partial charge in [-0.25, -0.2) is 4.98 Å². The summed E-state index contributed by atoms with van der Waals surface area (Å²) in [7, 11) is 0. The third kappa shape index (κ3) is 3.82. The summed E-state index contributed by atoms with van der Waals surface area (Å²) in [6, 6.07) is 8.27. The van der Waals surface area contributed by atoms with Gasteiger partial charge >= 0.3 is 0 Å². The Bertz CT molecular complexity index is 600. The molecular weight excluding hydrogens is 248 g/mol. The first-order chi connectivity index (χ1) is 9.56. The number of rotatable bonds is 5. The van der Waals surface area contributed by atoms with Crippen molar-refractivity contribution in [3.8, 4) is 0 Å². The fourth-order valence-corrected chi connectivity index (χ4v) is 2.07. The van der Waals surface area contributed by atoms with E-state index in [2.05, 4.69) is 59.2 Å². The molecular formula is C16H20N4. The second kappa shape index (κ2) is 6.19. The van der Waals surface area contributed by atoms with Crippen molar-refractivity contribution in [1.82, 2.24) is 9.97 Å². The predicted molar refractivity (Wildman–Crippen MR) is 84.7 cm³/mol. The molecule has 0 radical (unpaired) electrons. The third-order valence-corrected chi connectivity index (χ3v) is 2.75. The molecule has 104 valence electrons. The predicted octanol–water partition coefficient (Wildman–Crippen LogP) is 3.74. The Kier molecular flexibility index (Phi) is 4.35. The Balaban J connectivity index is 2.23. The van der Waals surface area contributed by atoms with Crippen molar-refractivity contribution in [3.05, 3.63) is 53.7 Å². The second-order valence-corrected chi connectivity index (χ2v) is 4.89. The number of aryl methyl sites for hydroxylation is 3. The number of benzene rings is 1. The lowest BCUT2D eigenvalue weighted by Gasteiger charge is -2.10. The van der Waals surface area contributed by atoms with Crippen LogP contribution in [0.3, 0.4) is 0 Å². The van der Waals surface area contributed by atoms with Gasteiger partial charge in [0.25, 0.3) is 0 Å². The van der Waals surface area contributed by atoms with E-state index in [4.69, 9.17) is 0 Å². The Morgan fingerprint density at radius 3 is 2.40 bits per heavy atom. The number of anilines is 3. The molecule has 0 bridgehead atoms. The Morgan fingerprint density at radius 2 is 1.75 bits per heavy atom. The SMILES string of the molecule is C=CCNc1nc(C)cc(Nc2cc(C)cc(C)c2)n1. The largest absolute Gasteiger partial charge is 0.351 e. The molecule has 1 aromatic carbocycles. The highest BCUT2D eigenvalue weighted by atomic mass is 15.1. The fourth-order valence-electron chi connectivity index (χ4n) is 2.07. The highest BCUT2D eigenvalue weighted by Crippen LogP contribution is 2.19. The maximum absolute atomic E-state index is 4.44. The first-order valence-corrected chi connectivity index (χ1v) is 6.62. The van der Waals surface area contributed by atoms with Gasteiger partial charge in [-0.1, -0.05) is 12.1 Å². The van der Waals surface area contributed by atoms with Crippen LogP contribution in [0.1, 0.15) is 16.8 Å². The van der Waals surface area contributed by atoms with Crippen molar-refractivity contribution in [1.29, 1.82) is 0 Å². The van der Waals surface area contributed by atoms with E-state index in [1.54, 1.807) is 6.08 Å². The van der Waals surface area contributed by atoms with E-state index in [-0.39, 0.29) is 0 Å². The molecule has 4 heteroatoms. The van der Waals surface area contributed by atoms with Crippen molar-refractivity contribution in [2.24, 2.45) is 0 Å². The first kappa shape index (κ1) is 14.1. The lowest BCUT2D eigenvalue weighted by atomic mass is 10.1. The van der Waals surface area contributed by atoms with Crippen LogP contribution < -0.4 is 10.6 Å². The molecule has 0 saturated heterocycles. The summed E-state index contributed by atoms with van der Waals surface area (Å²) >= 11 is 0. The molecule has 2 N–H and O–H groups in total. The number of aromatic nitrogens is 2. The summed E-state index contributed by atoms with van der Waals surface area (Å²) in [5, 5.41) is 6.43. The molecule has 0 amide bonds. The Labute approximate surface area is 120 Å². The zero-order valence-corrected chi connectivity index (χ0v) is 12.2. The molecule has 0 atom stereocenters. The molecule has 20 heavy (non-hydrogen) atoms. The summed E-state index contributed by atoms with van der Waals surface area (Å²) in [5.74, 6) is 1.39. The van der Waals surface area contributed by atoms with Gasteiger partial charge in [0.1, 0.15) is 5.82 Å². The topological polar surface area (TPSA) is 49.8 Å². The molecule has 1 heterocycles. The van der Waals surface area contributed by atoms with Gasteiger partial charge in [-0.05, 0) is 44.0 Å². The van der Waals surface area contributed by atoms with Crippen LogP contribution in [0.4, 0.5) is 17.5 Å². The highest BCUT2D eigenvalue weighted by Gasteiger charge is 2.03. The zero-order chi connectivity index (χ0) is 14.5. The lowest BCUT2D eigenvalue weighted by Crippen LogP contribution is -2.06. The van der Waals surface area contributed by atoms with Crippen LogP contribution >= 0.6 is 0 Å². The minimum absolute atomic E-state index is 0.608. The smallest absolute Gasteiger partial charge is 0.225 e. The minimum atomic E-state index is 0.608. The van der Waals surface area contributed by atoms with Gasteiger partial charge in [0, 0.05) is 24.0 Å². The fraction of sp³-hybridized carbons (Fsp3) is 0.250. The van der Waals surface area contributed by atoms with Crippen LogP contribution in [0.15, 0.2) is 36.9 Å². The molecule has 0 unspecified atom stereocenters. The van der Waals surface area contributed by atoms with Gasteiger partial charge in [-0.3, -0.25) is 0 Å². The molecule has 0 saturated carbocycles. The maximum Gasteiger partial charge on any atom is 0.225 e. The normalized spacial score (nSPS) is 10.2. The van der Waals surface area contributed by atoms with Crippen molar-refractivity contribution < 1.29 is 0 Å². The molecule has 2 rings (SSSR count). The summed E-state index contributed by atoms with van der Waals surface area (Å²) in [6.45, 7) is 10.4. The summed E-state index contributed by atoms with van der Waals surface area (Å²) in [5.41, 5.74) is 4.40. The molecule has 0 fully saturated rings. The summed E-state index contributed by atoms with van der Waals surface area (Å²) in [4.78, 5) is 8.78. The minimum Gasteiger partial charge on any atom is -0.351 e. The van der Waals surface area contributed by atoms with Gasteiger partial charge < -0.3 is 10.6 Å². The molecule has 4 nitrogen and oxygen atoms in total. The number of nitrogens with one attached hydrogen (secondary N) is 2. The van der Waals surface area contributed by atoms with Gasteiger partial charge in [-0.2, -0.15) is 4.98 Å². The number of hydrogen-bond donors (Lipinski definition) is 2. The molecule has 0 spiro atoms. The quantitative estimate of drug-likeness (QED) is 0.811. The molecule has 0 aliphatic carbocycles. The van der Waals surface area contributed by atoms with Crippen molar-refractivity contribution in [2.75, 3.05) is 17.2 Å². The second-order valence-electron chi connectivity index (χ2n) is 4.89. The lowest BCUT2D eigenvalue weighted by molar-refractivity contribution is 1.08. The highest BCUT2D eigenvalue weighted by molar-refractivity contribution is 5.59. The van der Waals surface area contributed by atoms with E-state index in [9.17, 15) is 0 Å². The van der Waals surface area contributed by atoms with Gasteiger partial charge in [0.05, 0.1) is 0 Å². The van der Waals surface area contributed by atoms with Crippen LogP contribution in [0.5, 0.6) is 0 Å². The standard InChI is InChI=1S/C16H20N4/c1-5-6-17-16-18-13(4)10-15(20-16)19-14-8-11(2)7-12(3)9-14/h5,7-10H,1,6H2,2-4H3,(H2,17,18,19,20). The Hall–Kier alpha value is -2.36. The van der Waals surface area contributed by atoms with Gasteiger partial charge in [-0.15, -0.1) is 6.58 Å². The monoisotopic (exact) mass is 268 g/mol. The van der Waals surface area contributed by atoms with Crippen molar-refractivity contribution in [2.45, 2.75) is 20.8 Å². The average molecular weight is 268 g/mol. The number of nitrogens with zero attached hydrogens (tertiary/aromatic N) is 2. The van der Waals surface area contributed by atoms with Crippen LogP contribution in [0.2, 0.25) is 0 Å². The van der Waals surface area contributed by atoms with Crippen LogP contribution in [-0.4, -0.2) is 16.5 Å². The van der Waals surface area contributed by atoms with Gasteiger partial charge in [0.2, 0.25) is 5.95 Å². The van der Waals surface area contributed by atoms with E-state index < -0.39 is 0 Å². The molecule has 2 aromatic rings. The molecule has 0 aliphatic heterocycles. The number of hydrogen-bond acceptors (Lipinski definition) is 4.